The summed E-state index contributed by atoms with van der Waals surface area (Å²) in [4.78, 5) is 21.4. The predicted octanol–water partition coefficient (Wildman–Crippen LogP) is 3.12. The third kappa shape index (κ3) is 4.29. The molecule has 10 heteroatoms. The first-order valence-electron chi connectivity index (χ1n) is 9.60. The predicted molar refractivity (Wildman–Crippen MR) is 113 cm³/mol. The molecule has 152 valence electrons. The average Bonchev–Trinajstić information content (AvgIpc) is 3.31. The maximum atomic E-state index is 12.7. The summed E-state index contributed by atoms with van der Waals surface area (Å²) < 4.78 is 26.9. The number of hydrogen-bond acceptors (Lipinski definition) is 6. The summed E-state index contributed by atoms with van der Waals surface area (Å²) in [5.74, 6) is 1.23. The van der Waals surface area contributed by atoms with Crippen LogP contribution in [0.3, 0.4) is 0 Å². The molecule has 1 amide bonds. The third-order valence-electron chi connectivity index (χ3n) is 5.08. The van der Waals surface area contributed by atoms with Crippen molar-refractivity contribution in [2.45, 2.75) is 43.4 Å². The fourth-order valence-electron chi connectivity index (χ4n) is 3.51. The summed E-state index contributed by atoms with van der Waals surface area (Å²) >= 11 is 3.28. The Labute approximate surface area is 173 Å². The number of carbonyl (C=O) groups excluding carboxylic acids is 1. The number of aryl methyl sites for hydroxylation is 2. The van der Waals surface area contributed by atoms with Gasteiger partial charge in [0, 0.05) is 35.7 Å². The van der Waals surface area contributed by atoms with Crippen LogP contribution in [0.2, 0.25) is 0 Å². The zero-order valence-corrected chi connectivity index (χ0v) is 18.0. The van der Waals surface area contributed by atoms with Gasteiger partial charge in [-0.15, -0.1) is 11.3 Å². The van der Waals surface area contributed by atoms with E-state index in [1.54, 1.807) is 11.8 Å². The van der Waals surface area contributed by atoms with E-state index in [-0.39, 0.29) is 16.5 Å². The Hall–Kier alpha value is -1.36. The number of amides is 1. The number of thiazole rings is 1. The van der Waals surface area contributed by atoms with Crippen LogP contribution in [0.1, 0.15) is 46.7 Å². The topological polar surface area (TPSA) is 95.2 Å². The van der Waals surface area contributed by atoms with Crippen LogP contribution in [-0.4, -0.2) is 53.2 Å². The molecular weight excluding hydrogens is 416 g/mol. The number of sulfonamides is 1. The molecule has 2 aliphatic rings. The second-order valence-corrected chi connectivity index (χ2v) is 11.3. The Bertz CT molecular complexity index is 920. The summed E-state index contributed by atoms with van der Waals surface area (Å²) in [7, 11) is -3.56. The average molecular weight is 441 g/mol. The quantitative estimate of drug-likeness (QED) is 0.762. The van der Waals surface area contributed by atoms with Crippen LogP contribution in [0.5, 0.6) is 0 Å². The fraction of sp³-hybridized carbons (Fsp3) is 0.556. The standard InChI is InChI=1S/C18H24N4O3S3/c23-17(21-18-20-14-5-3-1-2-4-6-16(14)27-18)15-11-13(12-19-15)28(24,25)22-7-9-26-10-8-22/h11-12,19H,1-10H2,(H,20,21,23). The molecule has 7 nitrogen and oxygen atoms in total. The molecule has 0 aromatic carbocycles. The van der Waals surface area contributed by atoms with Crippen LogP contribution in [0.25, 0.3) is 0 Å². The van der Waals surface area contributed by atoms with Crippen LogP contribution in [0.15, 0.2) is 17.2 Å². The molecule has 0 spiro atoms. The Kier molecular flexibility index (Phi) is 6.10. The van der Waals surface area contributed by atoms with E-state index in [2.05, 4.69) is 15.3 Å². The molecule has 1 aliphatic carbocycles. The SMILES string of the molecule is O=C(Nc1nc2c(s1)CCCCCC2)c1cc(S(=O)(=O)N2CCSCC2)c[nH]1. The van der Waals surface area contributed by atoms with E-state index in [1.807, 2.05) is 0 Å². The van der Waals surface area contributed by atoms with Gasteiger partial charge < -0.3 is 4.98 Å². The molecule has 0 bridgehead atoms. The number of hydrogen-bond donors (Lipinski definition) is 2. The Balaban J connectivity index is 1.47. The van der Waals surface area contributed by atoms with Crippen molar-refractivity contribution in [3.8, 4) is 0 Å². The Morgan fingerprint density at radius 1 is 1.14 bits per heavy atom. The van der Waals surface area contributed by atoms with Crippen LogP contribution in [0.4, 0.5) is 5.13 Å². The summed E-state index contributed by atoms with van der Waals surface area (Å²) in [6.45, 7) is 1.01. The molecule has 1 saturated heterocycles. The van der Waals surface area contributed by atoms with Crippen molar-refractivity contribution in [1.29, 1.82) is 0 Å². The van der Waals surface area contributed by atoms with Gasteiger partial charge in [0.2, 0.25) is 10.0 Å². The lowest BCUT2D eigenvalue weighted by Crippen LogP contribution is -2.37. The maximum Gasteiger partial charge on any atom is 0.273 e. The lowest BCUT2D eigenvalue weighted by molar-refractivity contribution is 0.102. The zero-order valence-electron chi connectivity index (χ0n) is 15.6. The number of aromatic nitrogens is 2. The normalized spacial score (nSPS) is 18.9. The van der Waals surface area contributed by atoms with Crippen LogP contribution in [-0.2, 0) is 22.9 Å². The fourth-order valence-corrected chi connectivity index (χ4v) is 7.13. The van der Waals surface area contributed by atoms with Crippen molar-refractivity contribution in [2.75, 3.05) is 29.9 Å². The van der Waals surface area contributed by atoms with Crippen LogP contribution in [0, 0.1) is 0 Å². The number of thioether (sulfide) groups is 1. The monoisotopic (exact) mass is 440 g/mol. The molecule has 2 aromatic heterocycles. The van der Waals surface area contributed by atoms with Crippen molar-refractivity contribution >= 4 is 44.2 Å². The number of nitrogens with one attached hydrogen (secondary N) is 2. The van der Waals surface area contributed by atoms with Crippen molar-refractivity contribution < 1.29 is 13.2 Å². The number of nitrogens with zero attached hydrogens (tertiary/aromatic N) is 2. The van der Waals surface area contributed by atoms with Gasteiger partial charge in [0.1, 0.15) is 10.6 Å². The minimum atomic E-state index is -3.56. The molecule has 1 aliphatic heterocycles. The van der Waals surface area contributed by atoms with Gasteiger partial charge in [-0.25, -0.2) is 13.4 Å². The van der Waals surface area contributed by atoms with E-state index < -0.39 is 10.0 Å². The van der Waals surface area contributed by atoms with Gasteiger partial charge in [-0.3, -0.25) is 10.1 Å². The number of rotatable bonds is 4. The minimum Gasteiger partial charge on any atom is -0.356 e. The number of anilines is 1. The molecule has 1 fully saturated rings. The zero-order chi connectivity index (χ0) is 19.6. The summed E-state index contributed by atoms with van der Waals surface area (Å²) in [5.41, 5.74) is 1.32. The molecule has 2 aromatic rings. The highest BCUT2D eigenvalue weighted by Crippen LogP contribution is 2.29. The van der Waals surface area contributed by atoms with Gasteiger partial charge in [0.25, 0.3) is 5.91 Å². The van der Waals surface area contributed by atoms with Crippen molar-refractivity contribution in [1.82, 2.24) is 14.3 Å². The number of fused-ring (bicyclic) bond motifs is 1. The van der Waals surface area contributed by atoms with Gasteiger partial charge in [0.15, 0.2) is 5.13 Å². The van der Waals surface area contributed by atoms with E-state index in [4.69, 9.17) is 0 Å². The molecule has 4 rings (SSSR count). The highest BCUT2D eigenvalue weighted by molar-refractivity contribution is 7.99. The summed E-state index contributed by atoms with van der Waals surface area (Å²) in [6, 6.07) is 1.41. The summed E-state index contributed by atoms with van der Waals surface area (Å²) in [5, 5.41) is 3.41. The van der Waals surface area contributed by atoms with Gasteiger partial charge in [-0.05, 0) is 31.7 Å². The molecule has 3 heterocycles. The molecule has 0 atom stereocenters. The van der Waals surface area contributed by atoms with E-state index in [0.717, 1.165) is 42.9 Å². The van der Waals surface area contributed by atoms with Crippen molar-refractivity contribution in [3.63, 3.8) is 0 Å². The Morgan fingerprint density at radius 3 is 2.68 bits per heavy atom. The minimum absolute atomic E-state index is 0.135. The molecule has 0 radical (unpaired) electrons. The highest BCUT2D eigenvalue weighted by Gasteiger charge is 2.28. The van der Waals surface area contributed by atoms with Crippen molar-refractivity contribution in [3.05, 3.63) is 28.5 Å². The molecule has 0 saturated carbocycles. The highest BCUT2D eigenvalue weighted by atomic mass is 32.2. The van der Waals surface area contributed by atoms with Crippen molar-refractivity contribution in [2.24, 2.45) is 0 Å². The molecular formula is C18H24N4O3S3. The molecule has 2 N–H and O–H groups in total. The van der Waals surface area contributed by atoms with Gasteiger partial charge in [-0.1, -0.05) is 12.8 Å². The van der Waals surface area contributed by atoms with Crippen LogP contribution >= 0.6 is 23.1 Å². The largest absolute Gasteiger partial charge is 0.356 e. The lowest BCUT2D eigenvalue weighted by Gasteiger charge is -2.24. The van der Waals surface area contributed by atoms with E-state index in [1.165, 1.54) is 45.6 Å². The number of H-pyrrole nitrogens is 1. The molecule has 0 unspecified atom stereocenters. The van der Waals surface area contributed by atoms with Crippen LogP contribution < -0.4 is 5.32 Å². The summed E-state index contributed by atoms with van der Waals surface area (Å²) in [6.07, 6.45) is 8.14. The first-order chi connectivity index (χ1) is 13.5. The van der Waals surface area contributed by atoms with E-state index in [0.29, 0.717) is 18.2 Å². The van der Waals surface area contributed by atoms with Gasteiger partial charge in [0.05, 0.1) is 5.69 Å². The molecule has 28 heavy (non-hydrogen) atoms. The first kappa shape index (κ1) is 19.9. The van der Waals surface area contributed by atoms with Gasteiger partial charge in [-0.2, -0.15) is 16.1 Å². The lowest BCUT2D eigenvalue weighted by atomic mass is 10.0. The first-order valence-corrected chi connectivity index (χ1v) is 13.0. The van der Waals surface area contributed by atoms with E-state index in [9.17, 15) is 13.2 Å². The third-order valence-corrected chi connectivity index (χ3v) is 8.97. The Morgan fingerprint density at radius 2 is 1.89 bits per heavy atom. The number of aromatic amines is 1. The second kappa shape index (κ2) is 8.56. The van der Waals surface area contributed by atoms with Gasteiger partial charge >= 0.3 is 0 Å². The smallest absolute Gasteiger partial charge is 0.273 e. The van der Waals surface area contributed by atoms with E-state index >= 15 is 0 Å². The number of carbonyl (C=O) groups is 1. The maximum absolute atomic E-state index is 12.7. The second-order valence-electron chi connectivity index (χ2n) is 7.02.